The van der Waals surface area contributed by atoms with Crippen LogP contribution in [0.4, 0.5) is 5.82 Å². The normalized spacial score (nSPS) is 10.7. The zero-order valence-corrected chi connectivity index (χ0v) is 18.1. The Morgan fingerprint density at radius 2 is 1.79 bits per heavy atom. The lowest BCUT2D eigenvalue weighted by atomic mass is 10.1. The predicted molar refractivity (Wildman–Crippen MR) is 117 cm³/mol. The second-order valence-electron chi connectivity index (χ2n) is 6.15. The van der Waals surface area contributed by atoms with Crippen LogP contribution in [0.5, 0.6) is 17.2 Å². The van der Waals surface area contributed by atoms with E-state index in [-0.39, 0.29) is 18.2 Å². The lowest BCUT2D eigenvalue weighted by molar-refractivity contribution is 0.378. The topological polar surface area (TPSA) is 77.5 Å². The number of hydrogen-bond donors (Lipinski definition) is 1. The first-order valence-electron chi connectivity index (χ1n) is 8.35. The fraction of sp³-hybridized carbons (Fsp3) is 0.150. The van der Waals surface area contributed by atoms with Crippen LogP contribution in [0.3, 0.4) is 0 Å². The molecule has 29 heavy (non-hydrogen) atoms. The highest BCUT2D eigenvalue weighted by Crippen LogP contribution is 2.33. The number of rotatable bonds is 7. The van der Waals surface area contributed by atoms with Gasteiger partial charge in [-0.25, -0.2) is 13.4 Å². The Balaban J connectivity index is 0.00000300. The lowest BCUT2D eigenvalue weighted by Gasteiger charge is -2.12. The Morgan fingerprint density at radius 3 is 2.41 bits per heavy atom. The monoisotopic (exact) mass is 454 g/mol. The van der Waals surface area contributed by atoms with Crippen molar-refractivity contribution in [1.82, 2.24) is 4.98 Å². The van der Waals surface area contributed by atoms with Crippen molar-refractivity contribution in [3.63, 3.8) is 0 Å². The van der Waals surface area contributed by atoms with Crippen molar-refractivity contribution in [3.8, 4) is 17.2 Å². The van der Waals surface area contributed by atoms with Crippen molar-refractivity contribution in [2.24, 2.45) is 0 Å². The number of pyridine rings is 1. The van der Waals surface area contributed by atoms with Gasteiger partial charge in [0.15, 0.2) is 11.5 Å². The third kappa shape index (κ3) is 6.81. The second kappa shape index (κ2) is 9.82. The molecule has 0 saturated heterocycles. The maximum absolute atomic E-state index is 11.3. The predicted octanol–water partition coefficient (Wildman–Crippen LogP) is 4.92. The molecule has 0 fully saturated rings. The van der Waals surface area contributed by atoms with Crippen LogP contribution in [0, 0.1) is 0 Å². The molecule has 0 aliphatic carbocycles. The zero-order chi connectivity index (χ0) is 20.1. The van der Waals surface area contributed by atoms with E-state index in [1.54, 1.807) is 31.5 Å². The second-order valence-corrected chi connectivity index (χ2v) is 8.33. The number of ether oxygens (including phenoxy) is 2. The highest BCUT2D eigenvalue weighted by Gasteiger charge is 2.09. The number of halogens is 2. The molecule has 9 heteroatoms. The first kappa shape index (κ1) is 22.8. The fourth-order valence-electron chi connectivity index (χ4n) is 2.58. The molecule has 0 aliphatic rings. The first-order valence-corrected chi connectivity index (χ1v) is 10.6. The summed E-state index contributed by atoms with van der Waals surface area (Å²) in [6.45, 7) is 0. The van der Waals surface area contributed by atoms with E-state index < -0.39 is 10.0 Å². The molecule has 0 amide bonds. The molecule has 2 aromatic carbocycles. The van der Waals surface area contributed by atoms with Crippen LogP contribution in [-0.4, -0.2) is 26.8 Å². The molecule has 6 nitrogen and oxygen atoms in total. The number of nitrogens with one attached hydrogen (secondary N) is 1. The summed E-state index contributed by atoms with van der Waals surface area (Å²) in [5.41, 5.74) is 1.92. The summed E-state index contributed by atoms with van der Waals surface area (Å²) in [7, 11) is -1.77. The van der Waals surface area contributed by atoms with Crippen LogP contribution in [0.1, 0.15) is 11.1 Å². The summed E-state index contributed by atoms with van der Waals surface area (Å²) >= 11 is 6.02. The average molecular weight is 455 g/mol. The molecule has 1 N–H and O–H groups in total. The smallest absolute Gasteiger partial charge is 0.230 e. The van der Waals surface area contributed by atoms with Crippen molar-refractivity contribution >= 4 is 39.8 Å². The number of hydrogen-bond acceptors (Lipinski definition) is 5. The minimum atomic E-state index is -3.35. The van der Waals surface area contributed by atoms with Gasteiger partial charge < -0.3 is 9.47 Å². The van der Waals surface area contributed by atoms with Crippen LogP contribution in [0.25, 0.3) is 0 Å². The van der Waals surface area contributed by atoms with Gasteiger partial charge in [0, 0.05) is 11.2 Å². The molecule has 3 aromatic rings. The molecule has 0 aliphatic heterocycles. The van der Waals surface area contributed by atoms with Gasteiger partial charge in [-0.1, -0.05) is 29.8 Å². The highest BCUT2D eigenvalue weighted by atomic mass is 35.5. The summed E-state index contributed by atoms with van der Waals surface area (Å²) in [4.78, 5) is 4.13. The molecule has 0 atom stereocenters. The quantitative estimate of drug-likeness (QED) is 0.547. The van der Waals surface area contributed by atoms with Crippen LogP contribution in [0.15, 0.2) is 60.8 Å². The van der Waals surface area contributed by atoms with Gasteiger partial charge in [-0.2, -0.15) is 0 Å². The standard InChI is InChI=1S/C20H19ClN2O4S.ClH/c1-26-18-8-6-14(11-19(18)27-17-5-3-4-16(21)12-17)10-15-7-9-20(22-13-15)23-28(2,24)25;/h3-9,11-13H,10H2,1-2H3,(H,22,23);1H. The molecule has 0 bridgehead atoms. The summed E-state index contributed by atoms with van der Waals surface area (Å²) in [6.07, 6.45) is 3.32. The van der Waals surface area contributed by atoms with Gasteiger partial charge in [0.25, 0.3) is 0 Å². The third-order valence-electron chi connectivity index (χ3n) is 3.77. The largest absolute Gasteiger partial charge is 0.493 e. The number of anilines is 1. The van der Waals surface area contributed by atoms with E-state index in [2.05, 4.69) is 9.71 Å². The van der Waals surface area contributed by atoms with Crippen LogP contribution in [0.2, 0.25) is 5.02 Å². The molecule has 3 rings (SSSR count). The maximum atomic E-state index is 11.3. The lowest BCUT2D eigenvalue weighted by Crippen LogP contribution is -2.10. The molecule has 0 radical (unpaired) electrons. The Morgan fingerprint density at radius 1 is 1.03 bits per heavy atom. The fourth-order valence-corrected chi connectivity index (χ4v) is 3.26. The van der Waals surface area contributed by atoms with E-state index in [0.29, 0.717) is 28.7 Å². The summed E-state index contributed by atoms with van der Waals surface area (Å²) in [5, 5.41) is 0.585. The first-order chi connectivity index (χ1) is 13.3. The van der Waals surface area contributed by atoms with Gasteiger partial charge in [0.05, 0.1) is 13.4 Å². The van der Waals surface area contributed by atoms with Crippen LogP contribution in [-0.2, 0) is 16.4 Å². The molecule has 1 heterocycles. The summed E-state index contributed by atoms with van der Waals surface area (Å²) in [5.74, 6) is 2.08. The number of sulfonamides is 1. The molecular formula is C20H20Cl2N2O4S. The number of benzene rings is 2. The Labute approximate surface area is 181 Å². The Bertz CT molecular complexity index is 1070. The maximum Gasteiger partial charge on any atom is 0.230 e. The van der Waals surface area contributed by atoms with Gasteiger partial charge in [0.1, 0.15) is 11.6 Å². The molecule has 1 aromatic heterocycles. The van der Waals surface area contributed by atoms with Gasteiger partial charge >= 0.3 is 0 Å². The third-order valence-corrected chi connectivity index (χ3v) is 4.59. The number of nitrogens with zero attached hydrogens (tertiary/aromatic N) is 1. The van der Waals surface area contributed by atoms with Gasteiger partial charge in [-0.15, -0.1) is 12.4 Å². The minimum absolute atomic E-state index is 0. The zero-order valence-electron chi connectivity index (χ0n) is 15.8. The minimum Gasteiger partial charge on any atom is -0.493 e. The van der Waals surface area contributed by atoms with E-state index >= 15 is 0 Å². The van der Waals surface area contributed by atoms with Gasteiger partial charge in [0.2, 0.25) is 10.0 Å². The summed E-state index contributed by atoms with van der Waals surface area (Å²) in [6, 6.07) is 16.2. The highest BCUT2D eigenvalue weighted by molar-refractivity contribution is 7.92. The molecular weight excluding hydrogens is 435 g/mol. The van der Waals surface area contributed by atoms with E-state index in [0.717, 1.165) is 17.4 Å². The molecule has 0 saturated carbocycles. The van der Waals surface area contributed by atoms with Gasteiger partial charge in [-0.05, 0) is 53.9 Å². The number of aromatic nitrogens is 1. The van der Waals surface area contributed by atoms with Crippen molar-refractivity contribution < 1.29 is 17.9 Å². The van der Waals surface area contributed by atoms with Crippen molar-refractivity contribution in [2.45, 2.75) is 6.42 Å². The van der Waals surface area contributed by atoms with E-state index in [1.165, 1.54) is 0 Å². The van der Waals surface area contributed by atoms with E-state index in [9.17, 15) is 8.42 Å². The van der Waals surface area contributed by atoms with Crippen molar-refractivity contribution in [2.75, 3.05) is 18.1 Å². The van der Waals surface area contributed by atoms with Crippen molar-refractivity contribution in [1.29, 1.82) is 0 Å². The number of methoxy groups -OCH3 is 1. The Kier molecular flexibility index (Phi) is 7.73. The Hall–Kier alpha value is -2.48. The average Bonchev–Trinajstić information content (AvgIpc) is 2.62. The van der Waals surface area contributed by atoms with Crippen LogP contribution >= 0.6 is 24.0 Å². The van der Waals surface area contributed by atoms with Crippen molar-refractivity contribution in [3.05, 3.63) is 76.9 Å². The molecule has 0 spiro atoms. The molecule has 154 valence electrons. The van der Waals surface area contributed by atoms with Crippen LogP contribution < -0.4 is 14.2 Å². The SMILES string of the molecule is COc1ccc(Cc2ccc(NS(C)(=O)=O)nc2)cc1Oc1cccc(Cl)c1.Cl. The summed E-state index contributed by atoms with van der Waals surface area (Å²) < 4.78 is 36.2. The molecule has 0 unspecified atom stereocenters. The van der Waals surface area contributed by atoms with Gasteiger partial charge in [-0.3, -0.25) is 4.72 Å². The van der Waals surface area contributed by atoms with E-state index in [4.69, 9.17) is 21.1 Å². The van der Waals surface area contributed by atoms with E-state index in [1.807, 2.05) is 36.4 Å².